The van der Waals surface area contributed by atoms with E-state index in [0.29, 0.717) is 8.96 Å². The molecule has 0 aliphatic rings. The smallest absolute Gasteiger partial charge is 0.383 e. The molecule has 0 aromatic carbocycles. The van der Waals surface area contributed by atoms with E-state index in [9.17, 15) is 13.2 Å². The molecule has 0 fully saturated rings. The Morgan fingerprint density at radius 3 is 2.65 bits per heavy atom. The summed E-state index contributed by atoms with van der Waals surface area (Å²) in [5, 5.41) is 0.462. The van der Waals surface area contributed by atoms with Gasteiger partial charge in [0.05, 0.1) is 5.39 Å². The molecule has 2 heterocycles. The first-order valence-electron chi connectivity index (χ1n) is 4.65. The third-order valence-corrected chi connectivity index (χ3v) is 3.30. The van der Waals surface area contributed by atoms with Crippen LogP contribution in [0.1, 0.15) is 13.0 Å². The number of nitrogens with two attached hydrogens (primary N) is 1. The van der Waals surface area contributed by atoms with Crippen LogP contribution >= 0.6 is 22.6 Å². The van der Waals surface area contributed by atoms with E-state index in [4.69, 9.17) is 5.73 Å². The number of alkyl halides is 3. The van der Waals surface area contributed by atoms with Gasteiger partial charge in [0, 0.05) is 9.77 Å². The minimum Gasteiger partial charge on any atom is -0.383 e. The van der Waals surface area contributed by atoms with Crippen LogP contribution in [0.25, 0.3) is 11.0 Å². The highest BCUT2D eigenvalue weighted by atomic mass is 127. The Morgan fingerprint density at radius 1 is 1.41 bits per heavy atom. The van der Waals surface area contributed by atoms with Gasteiger partial charge in [0.2, 0.25) is 0 Å². The molecule has 0 spiro atoms. The van der Waals surface area contributed by atoms with Crippen molar-refractivity contribution in [3.05, 3.63) is 16.1 Å². The lowest BCUT2D eigenvalue weighted by Gasteiger charge is -2.17. The summed E-state index contributed by atoms with van der Waals surface area (Å²) < 4.78 is 39.7. The zero-order chi connectivity index (χ0) is 12.8. The van der Waals surface area contributed by atoms with Crippen LogP contribution in [-0.2, 0) is 0 Å². The van der Waals surface area contributed by atoms with Crippen molar-refractivity contribution >= 4 is 39.4 Å². The summed E-state index contributed by atoms with van der Waals surface area (Å²) in [4.78, 5) is 7.63. The monoisotopic (exact) mass is 356 g/mol. The Labute approximate surface area is 108 Å². The van der Waals surface area contributed by atoms with Crippen molar-refractivity contribution in [1.29, 1.82) is 0 Å². The molecule has 4 nitrogen and oxygen atoms in total. The second-order valence-electron chi connectivity index (χ2n) is 3.56. The van der Waals surface area contributed by atoms with Crippen molar-refractivity contribution in [2.75, 3.05) is 5.73 Å². The van der Waals surface area contributed by atoms with Crippen molar-refractivity contribution in [3.8, 4) is 0 Å². The Hall–Kier alpha value is -1.06. The van der Waals surface area contributed by atoms with Crippen LogP contribution in [0.2, 0.25) is 0 Å². The summed E-state index contributed by atoms with van der Waals surface area (Å²) in [7, 11) is 0. The SMILES string of the molecule is CC(n1cc(I)c2c(N)ncnc21)C(F)(F)F. The summed E-state index contributed by atoms with van der Waals surface area (Å²) in [5.74, 6) is 0.188. The number of halogens is 4. The number of hydrogen-bond acceptors (Lipinski definition) is 3. The first kappa shape index (κ1) is 12.4. The highest BCUT2D eigenvalue weighted by molar-refractivity contribution is 14.1. The van der Waals surface area contributed by atoms with Gasteiger partial charge in [-0.15, -0.1) is 0 Å². The first-order chi connectivity index (χ1) is 7.82. The average Bonchev–Trinajstić information content (AvgIpc) is 2.55. The Bertz CT molecular complexity index is 563. The van der Waals surface area contributed by atoms with Gasteiger partial charge in [0.1, 0.15) is 23.8 Å². The molecule has 0 saturated heterocycles. The molecule has 0 saturated carbocycles. The molecule has 2 aromatic rings. The van der Waals surface area contributed by atoms with E-state index in [2.05, 4.69) is 9.97 Å². The van der Waals surface area contributed by atoms with Crippen molar-refractivity contribution in [1.82, 2.24) is 14.5 Å². The second-order valence-corrected chi connectivity index (χ2v) is 4.72. The van der Waals surface area contributed by atoms with E-state index in [1.165, 1.54) is 6.20 Å². The van der Waals surface area contributed by atoms with Crippen molar-refractivity contribution in [2.24, 2.45) is 0 Å². The van der Waals surface area contributed by atoms with Crippen molar-refractivity contribution in [3.63, 3.8) is 0 Å². The predicted molar refractivity (Wildman–Crippen MR) is 65.4 cm³/mol. The number of anilines is 1. The summed E-state index contributed by atoms with van der Waals surface area (Å²) in [6.45, 7) is 1.08. The van der Waals surface area contributed by atoms with Crippen LogP contribution in [0.15, 0.2) is 12.5 Å². The lowest BCUT2D eigenvalue weighted by Crippen LogP contribution is -2.23. The van der Waals surface area contributed by atoms with Crippen LogP contribution < -0.4 is 5.73 Å². The molecule has 0 aliphatic heterocycles. The first-order valence-corrected chi connectivity index (χ1v) is 5.73. The molecule has 1 atom stereocenters. The van der Waals surface area contributed by atoms with Crippen molar-refractivity contribution in [2.45, 2.75) is 19.1 Å². The zero-order valence-corrected chi connectivity index (χ0v) is 10.8. The Balaban J connectivity index is 2.68. The molecule has 2 N–H and O–H groups in total. The summed E-state index contributed by atoms with van der Waals surface area (Å²) in [6, 6.07) is -1.65. The largest absolute Gasteiger partial charge is 0.408 e. The van der Waals surface area contributed by atoms with E-state index in [-0.39, 0.29) is 11.5 Å². The van der Waals surface area contributed by atoms with E-state index in [0.717, 1.165) is 17.8 Å². The van der Waals surface area contributed by atoms with Gasteiger partial charge in [-0.3, -0.25) is 0 Å². The maximum Gasteiger partial charge on any atom is 0.408 e. The molecule has 2 rings (SSSR count). The van der Waals surface area contributed by atoms with Crippen LogP contribution in [0.5, 0.6) is 0 Å². The molecule has 0 amide bonds. The summed E-state index contributed by atoms with van der Waals surface area (Å²) >= 11 is 1.92. The summed E-state index contributed by atoms with van der Waals surface area (Å²) in [6.07, 6.45) is -1.78. The topological polar surface area (TPSA) is 56.7 Å². The highest BCUT2D eigenvalue weighted by Crippen LogP contribution is 2.35. The van der Waals surface area contributed by atoms with Gasteiger partial charge in [-0.2, -0.15) is 13.2 Å². The van der Waals surface area contributed by atoms with Gasteiger partial charge in [-0.25, -0.2) is 9.97 Å². The van der Waals surface area contributed by atoms with Crippen molar-refractivity contribution < 1.29 is 13.2 Å². The van der Waals surface area contributed by atoms with Crippen LogP contribution in [0, 0.1) is 3.57 Å². The number of nitrogens with zero attached hydrogens (tertiary/aromatic N) is 3. The Morgan fingerprint density at radius 2 is 2.06 bits per heavy atom. The molecular weight excluding hydrogens is 348 g/mol. The third kappa shape index (κ3) is 2.05. The second kappa shape index (κ2) is 4.00. The number of nitrogen functional groups attached to an aromatic ring is 1. The molecule has 17 heavy (non-hydrogen) atoms. The molecule has 0 aliphatic carbocycles. The van der Waals surface area contributed by atoms with Gasteiger partial charge in [0.15, 0.2) is 0 Å². The molecule has 2 aromatic heterocycles. The van der Waals surface area contributed by atoms with E-state index in [1.54, 1.807) is 0 Å². The van der Waals surface area contributed by atoms with E-state index >= 15 is 0 Å². The number of aromatic nitrogens is 3. The fourth-order valence-corrected chi connectivity index (χ4v) is 2.33. The molecule has 0 radical (unpaired) electrons. The molecule has 92 valence electrons. The van der Waals surface area contributed by atoms with Gasteiger partial charge >= 0.3 is 6.18 Å². The van der Waals surface area contributed by atoms with Crippen LogP contribution in [0.3, 0.4) is 0 Å². The van der Waals surface area contributed by atoms with Crippen LogP contribution in [-0.4, -0.2) is 20.7 Å². The highest BCUT2D eigenvalue weighted by Gasteiger charge is 2.38. The minimum atomic E-state index is -4.32. The maximum atomic E-state index is 12.7. The zero-order valence-electron chi connectivity index (χ0n) is 8.66. The number of hydrogen-bond donors (Lipinski definition) is 1. The van der Waals surface area contributed by atoms with Crippen LogP contribution in [0.4, 0.5) is 19.0 Å². The average molecular weight is 356 g/mol. The van der Waals surface area contributed by atoms with E-state index in [1.807, 2.05) is 22.6 Å². The van der Waals surface area contributed by atoms with Gasteiger partial charge in [0.25, 0.3) is 0 Å². The molecule has 8 heteroatoms. The predicted octanol–water partition coefficient (Wildman–Crippen LogP) is 2.74. The van der Waals surface area contributed by atoms with E-state index < -0.39 is 12.2 Å². The number of fused-ring (bicyclic) bond motifs is 1. The lowest BCUT2D eigenvalue weighted by atomic mass is 10.3. The fraction of sp³-hybridized carbons (Fsp3) is 0.333. The van der Waals surface area contributed by atoms with Gasteiger partial charge in [-0.05, 0) is 29.5 Å². The fourth-order valence-electron chi connectivity index (χ4n) is 1.52. The molecular formula is C9H8F3IN4. The van der Waals surface area contributed by atoms with Gasteiger partial charge < -0.3 is 10.3 Å². The standard InChI is InChI=1S/C9H8F3IN4/c1-4(9(10,11)12)17-2-5(13)6-7(14)15-3-16-8(6)17/h2-4H,1H3,(H2,14,15,16). The summed E-state index contributed by atoms with van der Waals surface area (Å²) in [5.41, 5.74) is 5.83. The minimum absolute atomic E-state index is 0.188. The third-order valence-electron chi connectivity index (χ3n) is 2.48. The maximum absolute atomic E-state index is 12.7. The molecule has 0 bridgehead atoms. The number of rotatable bonds is 1. The molecule has 1 unspecified atom stereocenters. The Kier molecular flexibility index (Phi) is 2.92. The lowest BCUT2D eigenvalue weighted by molar-refractivity contribution is -0.162. The normalized spacial score (nSPS) is 14.2. The van der Waals surface area contributed by atoms with Gasteiger partial charge in [-0.1, -0.05) is 0 Å². The quantitative estimate of drug-likeness (QED) is 0.800.